The van der Waals surface area contributed by atoms with Gasteiger partial charge in [0.1, 0.15) is 6.61 Å². The first-order valence-corrected chi connectivity index (χ1v) is 21.0. The van der Waals surface area contributed by atoms with Crippen molar-refractivity contribution in [3.63, 3.8) is 0 Å². The molecule has 0 saturated carbocycles. The predicted molar refractivity (Wildman–Crippen MR) is 193 cm³/mol. The lowest BCUT2D eigenvalue weighted by molar-refractivity contribution is -0.161. The molecule has 0 aromatic heterocycles. The van der Waals surface area contributed by atoms with Crippen molar-refractivity contribution in [2.24, 2.45) is 0 Å². The van der Waals surface area contributed by atoms with E-state index in [1.54, 1.807) is 0 Å². The monoisotopic (exact) mass is 689 g/mol. The third-order valence-corrected chi connectivity index (χ3v) is 9.02. The molecule has 0 rings (SSSR count). The Balaban J connectivity index is 3.87. The Morgan fingerprint density at radius 2 is 0.915 bits per heavy atom. The van der Waals surface area contributed by atoms with Crippen LogP contribution in [-0.2, 0) is 28.2 Å². The van der Waals surface area contributed by atoms with E-state index in [0.717, 1.165) is 57.8 Å². The van der Waals surface area contributed by atoms with Crippen molar-refractivity contribution in [3.8, 4) is 0 Å². The standard InChI is InChI=1S/C38H73O8P/c1-3-5-7-9-11-13-15-16-17-18-19-20-21-23-24-26-28-30-32-37(39)44-34-36(35-45-47(41,42)43)46-38(40)33-31-29-27-25-22-14-12-10-8-6-4-2/h10,12,36H,3-9,11,13-35H2,1-2H3,(H2,41,42,43)/b12-10-/t36-/m1/s1. The van der Waals surface area contributed by atoms with Crippen LogP contribution in [0.3, 0.4) is 0 Å². The van der Waals surface area contributed by atoms with E-state index in [2.05, 4.69) is 30.5 Å². The molecule has 0 aliphatic heterocycles. The maximum atomic E-state index is 12.3. The number of carbonyl (C=O) groups is 2. The van der Waals surface area contributed by atoms with Crippen molar-refractivity contribution >= 4 is 19.8 Å². The van der Waals surface area contributed by atoms with Crippen LogP contribution in [0.15, 0.2) is 12.2 Å². The molecule has 2 N–H and O–H groups in total. The third-order valence-electron chi connectivity index (χ3n) is 8.53. The van der Waals surface area contributed by atoms with Crippen molar-refractivity contribution < 1.29 is 37.9 Å². The van der Waals surface area contributed by atoms with E-state index in [-0.39, 0.29) is 19.4 Å². The summed E-state index contributed by atoms with van der Waals surface area (Å²) in [6.45, 7) is 3.64. The SMILES string of the molecule is CCCC/C=C\CCCCCCCC(=O)O[C@H](COC(=O)CCCCCCCCCCCCCCCCCCCC)COP(=O)(O)O. The Labute approximate surface area is 288 Å². The highest BCUT2D eigenvalue weighted by Gasteiger charge is 2.22. The van der Waals surface area contributed by atoms with E-state index >= 15 is 0 Å². The van der Waals surface area contributed by atoms with Gasteiger partial charge in [0, 0.05) is 12.8 Å². The average molecular weight is 689 g/mol. The number of esters is 2. The van der Waals surface area contributed by atoms with Gasteiger partial charge in [-0.05, 0) is 32.1 Å². The molecule has 0 bridgehead atoms. The Morgan fingerprint density at radius 1 is 0.532 bits per heavy atom. The molecule has 0 aromatic rings. The van der Waals surface area contributed by atoms with Gasteiger partial charge in [-0.1, -0.05) is 167 Å². The van der Waals surface area contributed by atoms with Crippen LogP contribution in [0.25, 0.3) is 0 Å². The third kappa shape index (κ3) is 37.5. The summed E-state index contributed by atoms with van der Waals surface area (Å²) >= 11 is 0. The lowest BCUT2D eigenvalue weighted by Crippen LogP contribution is -2.29. The molecule has 0 aliphatic rings. The normalized spacial score (nSPS) is 12.5. The van der Waals surface area contributed by atoms with Crippen LogP contribution in [0.4, 0.5) is 0 Å². The van der Waals surface area contributed by atoms with Crippen LogP contribution in [0.5, 0.6) is 0 Å². The Bertz CT molecular complexity index is 782. The second-order valence-corrected chi connectivity index (χ2v) is 14.5. The number of carbonyl (C=O) groups excluding carboxylic acids is 2. The highest BCUT2D eigenvalue weighted by atomic mass is 31.2. The van der Waals surface area contributed by atoms with Gasteiger partial charge >= 0.3 is 19.8 Å². The summed E-state index contributed by atoms with van der Waals surface area (Å²) in [5.41, 5.74) is 0. The van der Waals surface area contributed by atoms with Gasteiger partial charge < -0.3 is 19.3 Å². The molecule has 0 aliphatic carbocycles. The molecular formula is C38H73O8P. The Morgan fingerprint density at radius 3 is 1.36 bits per heavy atom. The number of ether oxygens (including phenoxy) is 2. The second-order valence-electron chi connectivity index (χ2n) is 13.3. The number of phosphoric acid groups is 1. The minimum atomic E-state index is -4.74. The van der Waals surface area contributed by atoms with Crippen LogP contribution < -0.4 is 0 Å². The maximum absolute atomic E-state index is 12.3. The summed E-state index contributed by atoms with van der Waals surface area (Å²) in [7, 11) is -4.74. The number of allylic oxidation sites excluding steroid dienone is 2. The van der Waals surface area contributed by atoms with Gasteiger partial charge in [-0.3, -0.25) is 14.1 Å². The summed E-state index contributed by atoms with van der Waals surface area (Å²) in [4.78, 5) is 42.6. The lowest BCUT2D eigenvalue weighted by atomic mass is 10.0. The van der Waals surface area contributed by atoms with Crippen molar-refractivity contribution in [3.05, 3.63) is 12.2 Å². The first-order valence-electron chi connectivity index (χ1n) is 19.5. The number of unbranched alkanes of at least 4 members (excludes halogenated alkanes) is 24. The number of rotatable bonds is 36. The van der Waals surface area contributed by atoms with E-state index in [0.29, 0.717) is 6.42 Å². The molecule has 0 radical (unpaired) electrons. The molecule has 0 aromatic carbocycles. The fourth-order valence-electron chi connectivity index (χ4n) is 5.59. The summed E-state index contributed by atoms with van der Waals surface area (Å²) in [6, 6.07) is 0. The molecule has 0 amide bonds. The molecule has 8 nitrogen and oxygen atoms in total. The van der Waals surface area contributed by atoms with E-state index in [9.17, 15) is 14.2 Å². The van der Waals surface area contributed by atoms with Crippen molar-refractivity contribution in [1.29, 1.82) is 0 Å². The molecule has 0 spiro atoms. The molecule has 0 heterocycles. The molecule has 0 unspecified atom stereocenters. The molecule has 47 heavy (non-hydrogen) atoms. The molecule has 1 atom stereocenters. The highest BCUT2D eigenvalue weighted by molar-refractivity contribution is 7.46. The largest absolute Gasteiger partial charge is 0.469 e. The second kappa shape index (κ2) is 34.6. The number of hydrogen-bond acceptors (Lipinski definition) is 6. The van der Waals surface area contributed by atoms with Crippen LogP contribution in [-0.4, -0.2) is 41.0 Å². The minimum absolute atomic E-state index is 0.205. The van der Waals surface area contributed by atoms with Crippen LogP contribution in [0.1, 0.15) is 200 Å². The molecular weight excluding hydrogens is 615 g/mol. The average Bonchev–Trinajstić information content (AvgIpc) is 3.03. The van der Waals surface area contributed by atoms with Crippen LogP contribution in [0, 0.1) is 0 Å². The van der Waals surface area contributed by atoms with Gasteiger partial charge in [-0.2, -0.15) is 0 Å². The topological polar surface area (TPSA) is 119 Å². The Hall–Kier alpha value is -1.21. The zero-order valence-corrected chi connectivity index (χ0v) is 31.3. The summed E-state index contributed by atoms with van der Waals surface area (Å²) in [5, 5.41) is 0. The molecule has 9 heteroatoms. The quantitative estimate of drug-likeness (QED) is 0.0289. The van der Waals surface area contributed by atoms with Gasteiger partial charge in [0.15, 0.2) is 6.10 Å². The van der Waals surface area contributed by atoms with Crippen molar-refractivity contribution in [2.45, 2.75) is 206 Å². The summed E-state index contributed by atoms with van der Waals surface area (Å²) in [6.07, 6.45) is 36.5. The maximum Gasteiger partial charge on any atom is 0.469 e. The molecule has 278 valence electrons. The van der Waals surface area contributed by atoms with Gasteiger partial charge in [0.25, 0.3) is 0 Å². The van der Waals surface area contributed by atoms with Crippen LogP contribution >= 0.6 is 7.82 Å². The van der Waals surface area contributed by atoms with E-state index < -0.39 is 32.5 Å². The van der Waals surface area contributed by atoms with E-state index in [4.69, 9.17) is 19.3 Å². The minimum Gasteiger partial charge on any atom is -0.462 e. The van der Waals surface area contributed by atoms with Gasteiger partial charge in [-0.25, -0.2) is 4.57 Å². The van der Waals surface area contributed by atoms with Gasteiger partial charge in [0.05, 0.1) is 6.61 Å². The Kier molecular flexibility index (Phi) is 33.8. The van der Waals surface area contributed by atoms with Crippen molar-refractivity contribution in [2.75, 3.05) is 13.2 Å². The molecule has 0 saturated heterocycles. The van der Waals surface area contributed by atoms with E-state index in [1.165, 1.54) is 109 Å². The highest BCUT2D eigenvalue weighted by Crippen LogP contribution is 2.36. The van der Waals surface area contributed by atoms with E-state index in [1.807, 2.05) is 0 Å². The number of phosphoric ester groups is 1. The molecule has 0 fully saturated rings. The smallest absolute Gasteiger partial charge is 0.462 e. The predicted octanol–water partition coefficient (Wildman–Crippen LogP) is 11.5. The lowest BCUT2D eigenvalue weighted by Gasteiger charge is -2.18. The van der Waals surface area contributed by atoms with Crippen molar-refractivity contribution in [1.82, 2.24) is 0 Å². The van der Waals surface area contributed by atoms with Gasteiger partial charge in [-0.15, -0.1) is 0 Å². The fraction of sp³-hybridized carbons (Fsp3) is 0.895. The fourth-order valence-corrected chi connectivity index (χ4v) is 5.95. The number of hydrogen-bond donors (Lipinski definition) is 2. The first-order chi connectivity index (χ1) is 22.8. The summed E-state index contributed by atoms with van der Waals surface area (Å²) in [5.74, 6) is -0.887. The summed E-state index contributed by atoms with van der Waals surface area (Å²) < 4.78 is 26.3. The zero-order chi connectivity index (χ0) is 34.7. The van der Waals surface area contributed by atoms with Gasteiger partial charge in [0.2, 0.25) is 0 Å². The first kappa shape index (κ1) is 45.8. The van der Waals surface area contributed by atoms with Crippen LogP contribution in [0.2, 0.25) is 0 Å². The zero-order valence-electron chi connectivity index (χ0n) is 30.4.